The Labute approximate surface area is 79.0 Å². The average molecular weight is 196 g/mol. The van der Waals surface area contributed by atoms with E-state index in [-0.39, 0.29) is 0 Å². The van der Waals surface area contributed by atoms with Crippen LogP contribution in [-0.2, 0) is 6.42 Å². The lowest BCUT2D eigenvalue weighted by atomic mass is 10.1. The molecular formula is C8H8N2O2S. The molecular weight excluding hydrogens is 188 g/mol. The van der Waals surface area contributed by atoms with E-state index < -0.39 is 6.10 Å². The van der Waals surface area contributed by atoms with Crippen molar-refractivity contribution in [1.82, 2.24) is 9.59 Å². The molecule has 2 aromatic heterocycles. The summed E-state index contributed by atoms with van der Waals surface area (Å²) in [6.45, 7) is 0. The van der Waals surface area contributed by atoms with Crippen LogP contribution >= 0.6 is 11.5 Å². The van der Waals surface area contributed by atoms with Crippen LogP contribution in [0.2, 0.25) is 0 Å². The second-order valence-electron chi connectivity index (χ2n) is 2.67. The van der Waals surface area contributed by atoms with Gasteiger partial charge < -0.3 is 9.52 Å². The molecule has 0 radical (unpaired) electrons. The zero-order chi connectivity index (χ0) is 9.10. The maximum atomic E-state index is 9.67. The van der Waals surface area contributed by atoms with Crippen molar-refractivity contribution in [3.05, 3.63) is 35.2 Å². The van der Waals surface area contributed by atoms with Crippen molar-refractivity contribution in [2.45, 2.75) is 12.5 Å². The molecule has 0 amide bonds. The molecule has 0 saturated heterocycles. The molecule has 1 atom stereocenters. The lowest BCUT2D eigenvalue weighted by Gasteiger charge is -2.03. The zero-order valence-electron chi connectivity index (χ0n) is 6.75. The number of hydrogen-bond donors (Lipinski definition) is 1. The van der Waals surface area contributed by atoms with Gasteiger partial charge in [0.15, 0.2) is 0 Å². The molecule has 1 N–H and O–H groups in total. The van der Waals surface area contributed by atoms with E-state index in [1.807, 2.05) is 6.07 Å². The first-order chi connectivity index (χ1) is 6.36. The van der Waals surface area contributed by atoms with Crippen LogP contribution in [0, 0.1) is 0 Å². The average Bonchev–Trinajstić information content (AvgIpc) is 2.74. The molecule has 2 aromatic rings. The molecule has 0 fully saturated rings. The van der Waals surface area contributed by atoms with Gasteiger partial charge in [0, 0.05) is 6.42 Å². The highest BCUT2D eigenvalue weighted by Crippen LogP contribution is 2.19. The first-order valence-corrected chi connectivity index (χ1v) is 4.60. The molecule has 2 rings (SSSR count). The first-order valence-electron chi connectivity index (χ1n) is 3.82. The first kappa shape index (κ1) is 8.40. The van der Waals surface area contributed by atoms with Gasteiger partial charge in [0.05, 0.1) is 29.7 Å². The molecule has 0 spiro atoms. The number of rotatable bonds is 3. The second kappa shape index (κ2) is 3.68. The van der Waals surface area contributed by atoms with Crippen LogP contribution in [0.1, 0.15) is 16.5 Å². The molecule has 1 unspecified atom stereocenters. The Morgan fingerprint density at radius 1 is 1.62 bits per heavy atom. The molecule has 2 heterocycles. The van der Waals surface area contributed by atoms with Gasteiger partial charge in [0.25, 0.3) is 0 Å². The van der Waals surface area contributed by atoms with Gasteiger partial charge in [-0.15, -0.1) is 5.10 Å². The van der Waals surface area contributed by atoms with Crippen LogP contribution in [0.15, 0.2) is 29.2 Å². The van der Waals surface area contributed by atoms with E-state index in [2.05, 4.69) is 9.59 Å². The monoisotopic (exact) mass is 196 g/mol. The minimum absolute atomic E-state index is 0.530. The van der Waals surface area contributed by atoms with Gasteiger partial charge in [0.2, 0.25) is 0 Å². The van der Waals surface area contributed by atoms with Crippen molar-refractivity contribution >= 4 is 11.5 Å². The Morgan fingerprint density at radius 3 is 3.15 bits per heavy atom. The van der Waals surface area contributed by atoms with E-state index in [9.17, 15) is 5.11 Å². The Bertz CT molecular complexity index is 344. The summed E-state index contributed by atoms with van der Waals surface area (Å²) in [5.74, 6) is 0. The molecule has 0 aliphatic rings. The van der Waals surface area contributed by atoms with E-state index in [1.54, 1.807) is 18.7 Å². The van der Waals surface area contributed by atoms with E-state index in [0.717, 1.165) is 10.4 Å². The lowest BCUT2D eigenvalue weighted by molar-refractivity contribution is 0.182. The van der Waals surface area contributed by atoms with Gasteiger partial charge in [0.1, 0.15) is 0 Å². The summed E-state index contributed by atoms with van der Waals surface area (Å²) in [5.41, 5.74) is 0.973. The lowest BCUT2D eigenvalue weighted by Crippen LogP contribution is -1.98. The minimum atomic E-state index is -0.530. The van der Waals surface area contributed by atoms with Crippen molar-refractivity contribution in [1.29, 1.82) is 0 Å². The zero-order valence-corrected chi connectivity index (χ0v) is 7.57. The maximum absolute atomic E-state index is 9.67. The number of nitrogens with zero attached hydrogens (tertiary/aromatic N) is 2. The number of aliphatic hydroxyl groups is 1. The van der Waals surface area contributed by atoms with Crippen LogP contribution < -0.4 is 0 Å². The SMILES string of the molecule is OC(Cc1ccoc1)c1cnns1. The molecule has 0 bridgehead atoms. The topological polar surface area (TPSA) is 59.2 Å². The molecule has 4 nitrogen and oxygen atoms in total. The van der Waals surface area contributed by atoms with Crippen molar-refractivity contribution in [3.63, 3.8) is 0 Å². The quantitative estimate of drug-likeness (QED) is 0.806. The summed E-state index contributed by atoms with van der Waals surface area (Å²) >= 11 is 1.21. The number of aromatic nitrogens is 2. The highest BCUT2D eigenvalue weighted by molar-refractivity contribution is 7.05. The molecule has 0 saturated carbocycles. The molecule has 0 aliphatic carbocycles. The van der Waals surface area contributed by atoms with Gasteiger partial charge in [-0.1, -0.05) is 4.49 Å². The van der Waals surface area contributed by atoms with Crippen LogP contribution in [0.25, 0.3) is 0 Å². The summed E-state index contributed by atoms with van der Waals surface area (Å²) in [7, 11) is 0. The fraction of sp³-hybridized carbons (Fsp3) is 0.250. The van der Waals surface area contributed by atoms with Crippen molar-refractivity contribution < 1.29 is 9.52 Å². The number of hydrogen-bond acceptors (Lipinski definition) is 5. The Morgan fingerprint density at radius 2 is 2.54 bits per heavy atom. The Balaban J connectivity index is 2.04. The number of furan rings is 1. The third-order valence-electron chi connectivity index (χ3n) is 1.72. The van der Waals surface area contributed by atoms with Crippen LogP contribution in [0.3, 0.4) is 0 Å². The highest BCUT2D eigenvalue weighted by atomic mass is 32.1. The summed E-state index contributed by atoms with van der Waals surface area (Å²) in [4.78, 5) is 0.779. The fourth-order valence-corrected chi connectivity index (χ4v) is 1.54. The second-order valence-corrected chi connectivity index (χ2v) is 3.49. The minimum Gasteiger partial charge on any atom is -0.472 e. The summed E-state index contributed by atoms with van der Waals surface area (Å²) in [6.07, 6.45) is 4.80. The van der Waals surface area contributed by atoms with E-state index >= 15 is 0 Å². The highest BCUT2D eigenvalue weighted by Gasteiger charge is 2.11. The van der Waals surface area contributed by atoms with Crippen molar-refractivity contribution in [2.75, 3.05) is 0 Å². The molecule has 0 aromatic carbocycles. The predicted molar refractivity (Wildman–Crippen MR) is 47.3 cm³/mol. The summed E-state index contributed by atoms with van der Waals surface area (Å²) in [5, 5.41) is 13.3. The fourth-order valence-electron chi connectivity index (χ4n) is 1.05. The molecule has 13 heavy (non-hydrogen) atoms. The number of aliphatic hydroxyl groups excluding tert-OH is 1. The van der Waals surface area contributed by atoms with Crippen LogP contribution in [0.5, 0.6) is 0 Å². The largest absolute Gasteiger partial charge is 0.472 e. The van der Waals surface area contributed by atoms with Crippen molar-refractivity contribution in [3.8, 4) is 0 Å². The van der Waals surface area contributed by atoms with Crippen LogP contribution in [0.4, 0.5) is 0 Å². The van der Waals surface area contributed by atoms with Crippen molar-refractivity contribution in [2.24, 2.45) is 0 Å². The third-order valence-corrected chi connectivity index (χ3v) is 2.48. The van der Waals surface area contributed by atoms with Crippen LogP contribution in [-0.4, -0.2) is 14.7 Å². The van der Waals surface area contributed by atoms with Gasteiger partial charge in [-0.05, 0) is 23.2 Å². The molecule has 5 heteroatoms. The van der Waals surface area contributed by atoms with Gasteiger partial charge >= 0.3 is 0 Å². The van der Waals surface area contributed by atoms with E-state index in [4.69, 9.17) is 4.42 Å². The maximum Gasteiger partial charge on any atom is 0.0955 e. The third kappa shape index (κ3) is 1.93. The Kier molecular flexibility index (Phi) is 2.37. The predicted octanol–water partition coefficient (Wildman–Crippen LogP) is 1.41. The summed E-state index contributed by atoms with van der Waals surface area (Å²) < 4.78 is 8.57. The van der Waals surface area contributed by atoms with Gasteiger partial charge in [-0.2, -0.15) is 0 Å². The standard InChI is InChI=1S/C8H8N2O2S/c11-7(8-4-9-10-13-8)3-6-1-2-12-5-6/h1-2,4-5,7,11H,3H2. The van der Waals surface area contributed by atoms with Gasteiger partial charge in [-0.3, -0.25) is 0 Å². The smallest absolute Gasteiger partial charge is 0.0955 e. The Hall–Kier alpha value is -1.20. The van der Waals surface area contributed by atoms with Gasteiger partial charge in [-0.25, -0.2) is 0 Å². The normalized spacial score (nSPS) is 13.0. The molecule has 0 aliphatic heterocycles. The molecule has 68 valence electrons. The van der Waals surface area contributed by atoms with E-state index in [1.165, 1.54) is 11.5 Å². The summed E-state index contributed by atoms with van der Waals surface area (Å²) in [6, 6.07) is 1.83. The van der Waals surface area contributed by atoms with E-state index in [0.29, 0.717) is 6.42 Å².